The van der Waals surface area contributed by atoms with Gasteiger partial charge in [0.15, 0.2) is 30.6 Å². The van der Waals surface area contributed by atoms with Crippen molar-refractivity contribution in [2.24, 2.45) is 0 Å². The van der Waals surface area contributed by atoms with Gasteiger partial charge in [-0.15, -0.1) is 0 Å². The SMILES string of the molecule is Cl[S+](c1ccc(Br)cc1)c1ccc(Br)cc1. The van der Waals surface area contributed by atoms with Crippen LogP contribution >= 0.6 is 42.5 Å². The maximum absolute atomic E-state index is 6.43. The molecule has 4 heteroatoms. The maximum Gasteiger partial charge on any atom is 0.189 e. The first kappa shape index (κ1) is 12.5. The standard InChI is InChI=1S/C12H8Br2ClS/c13-9-1-5-11(6-2-9)16(15)12-7-3-10(14)4-8-12/h1-8H/q+1. The summed E-state index contributed by atoms with van der Waals surface area (Å²) in [5, 5.41) is 0. The van der Waals surface area contributed by atoms with Crippen molar-refractivity contribution in [1.29, 1.82) is 0 Å². The van der Waals surface area contributed by atoms with Crippen molar-refractivity contribution in [2.45, 2.75) is 9.79 Å². The van der Waals surface area contributed by atoms with Gasteiger partial charge in [-0.3, -0.25) is 0 Å². The molecule has 0 saturated carbocycles. The Bertz CT molecular complexity index is 422. The Morgan fingerprint density at radius 1 is 0.688 bits per heavy atom. The minimum atomic E-state index is -0.383. The lowest BCUT2D eigenvalue weighted by molar-refractivity contribution is 1.38. The predicted molar refractivity (Wildman–Crippen MR) is 78.0 cm³/mol. The molecule has 0 aliphatic carbocycles. The van der Waals surface area contributed by atoms with Gasteiger partial charge in [0.05, 0.1) is 0 Å². The van der Waals surface area contributed by atoms with Crippen molar-refractivity contribution in [2.75, 3.05) is 0 Å². The summed E-state index contributed by atoms with van der Waals surface area (Å²) in [6.45, 7) is 0. The van der Waals surface area contributed by atoms with Crippen LogP contribution in [-0.4, -0.2) is 0 Å². The molecule has 0 heterocycles. The molecular formula is C12H8Br2ClS+. The van der Waals surface area contributed by atoms with Crippen LogP contribution in [0.3, 0.4) is 0 Å². The normalized spacial score (nSPS) is 10.8. The Hall–Kier alpha value is 0.0400. The fourth-order valence-electron chi connectivity index (χ4n) is 1.24. The van der Waals surface area contributed by atoms with Gasteiger partial charge in [-0.05, 0) is 48.5 Å². The number of rotatable bonds is 2. The molecule has 0 bridgehead atoms. The van der Waals surface area contributed by atoms with E-state index in [4.69, 9.17) is 10.7 Å². The molecule has 0 aliphatic heterocycles. The molecule has 0 spiro atoms. The summed E-state index contributed by atoms with van der Waals surface area (Å²) in [6, 6.07) is 16.2. The zero-order chi connectivity index (χ0) is 11.5. The molecular weight excluding hydrogens is 371 g/mol. The Morgan fingerprint density at radius 3 is 1.31 bits per heavy atom. The predicted octanol–water partition coefficient (Wildman–Crippen LogP) is 5.40. The van der Waals surface area contributed by atoms with E-state index in [9.17, 15) is 0 Å². The second kappa shape index (κ2) is 5.58. The van der Waals surface area contributed by atoms with E-state index in [0.717, 1.165) is 18.7 Å². The third-order valence-corrected chi connectivity index (χ3v) is 5.54. The molecule has 82 valence electrons. The third kappa shape index (κ3) is 3.04. The fraction of sp³-hybridized carbons (Fsp3) is 0. The van der Waals surface area contributed by atoms with Crippen molar-refractivity contribution >= 4 is 52.7 Å². The monoisotopic (exact) mass is 377 g/mol. The first-order valence-corrected chi connectivity index (χ1v) is 8.22. The van der Waals surface area contributed by atoms with E-state index in [0.29, 0.717) is 0 Å². The average Bonchev–Trinajstić information content (AvgIpc) is 2.30. The Kier molecular flexibility index (Phi) is 4.36. The highest BCUT2D eigenvalue weighted by atomic mass is 79.9. The Labute approximate surface area is 119 Å². The average molecular weight is 380 g/mol. The highest BCUT2D eigenvalue weighted by Crippen LogP contribution is 2.28. The van der Waals surface area contributed by atoms with Crippen LogP contribution < -0.4 is 0 Å². The third-order valence-electron chi connectivity index (χ3n) is 2.04. The number of hydrogen-bond donors (Lipinski definition) is 0. The van der Waals surface area contributed by atoms with Gasteiger partial charge in [0.25, 0.3) is 0 Å². The van der Waals surface area contributed by atoms with Crippen LogP contribution in [0.2, 0.25) is 0 Å². The van der Waals surface area contributed by atoms with Crippen LogP contribution in [0.4, 0.5) is 0 Å². The molecule has 2 aromatic carbocycles. The highest BCUT2D eigenvalue weighted by Gasteiger charge is 2.23. The van der Waals surface area contributed by atoms with Gasteiger partial charge in [0.1, 0.15) is 0 Å². The van der Waals surface area contributed by atoms with Crippen molar-refractivity contribution < 1.29 is 0 Å². The van der Waals surface area contributed by atoms with E-state index in [1.807, 2.05) is 48.5 Å². The molecule has 2 rings (SSSR count). The quantitative estimate of drug-likeness (QED) is 0.613. The molecule has 0 nitrogen and oxygen atoms in total. The molecule has 0 fully saturated rings. The first-order chi connectivity index (χ1) is 7.66. The molecule has 0 amide bonds. The lowest BCUT2D eigenvalue weighted by Gasteiger charge is -1.98. The van der Waals surface area contributed by atoms with E-state index in [-0.39, 0.29) is 10.1 Å². The van der Waals surface area contributed by atoms with Crippen molar-refractivity contribution in [3.05, 3.63) is 57.5 Å². The first-order valence-electron chi connectivity index (χ1n) is 4.58. The topological polar surface area (TPSA) is 0 Å². The lowest BCUT2D eigenvalue weighted by Crippen LogP contribution is -1.93. The smallest absolute Gasteiger partial charge is 0.0508 e. The van der Waals surface area contributed by atoms with Crippen LogP contribution in [0.25, 0.3) is 0 Å². The summed E-state index contributed by atoms with van der Waals surface area (Å²) in [5.41, 5.74) is 0. The maximum atomic E-state index is 6.43. The van der Waals surface area contributed by atoms with Gasteiger partial charge in [-0.25, -0.2) is 0 Å². The summed E-state index contributed by atoms with van der Waals surface area (Å²) in [4.78, 5) is 2.26. The van der Waals surface area contributed by atoms with Gasteiger partial charge >= 0.3 is 0 Å². The zero-order valence-corrected chi connectivity index (χ0v) is 12.9. The van der Waals surface area contributed by atoms with Gasteiger partial charge < -0.3 is 0 Å². The lowest BCUT2D eigenvalue weighted by atomic mass is 10.4. The van der Waals surface area contributed by atoms with E-state index in [2.05, 4.69) is 31.9 Å². The van der Waals surface area contributed by atoms with Crippen molar-refractivity contribution in [3.63, 3.8) is 0 Å². The summed E-state index contributed by atoms with van der Waals surface area (Å²) >= 11 is 6.83. The van der Waals surface area contributed by atoms with Crippen LogP contribution in [0.1, 0.15) is 0 Å². The Balaban J connectivity index is 2.28. The van der Waals surface area contributed by atoms with Crippen LogP contribution in [-0.2, 0) is 10.1 Å². The second-order valence-electron chi connectivity index (χ2n) is 3.16. The van der Waals surface area contributed by atoms with Crippen LogP contribution in [0.5, 0.6) is 0 Å². The van der Waals surface area contributed by atoms with Crippen LogP contribution in [0, 0.1) is 0 Å². The number of benzene rings is 2. The number of hydrogen-bond acceptors (Lipinski definition) is 0. The summed E-state index contributed by atoms with van der Waals surface area (Å²) < 4.78 is 2.14. The van der Waals surface area contributed by atoms with Gasteiger partial charge in [0, 0.05) is 8.95 Å². The van der Waals surface area contributed by atoms with E-state index in [1.54, 1.807) is 0 Å². The molecule has 0 saturated heterocycles. The van der Waals surface area contributed by atoms with Crippen molar-refractivity contribution in [3.8, 4) is 0 Å². The van der Waals surface area contributed by atoms with Gasteiger partial charge in [-0.2, -0.15) is 0 Å². The van der Waals surface area contributed by atoms with E-state index in [1.165, 1.54) is 0 Å². The molecule has 0 aromatic heterocycles. The molecule has 2 aromatic rings. The fourth-order valence-corrected chi connectivity index (χ4v) is 3.41. The molecule has 0 radical (unpaired) electrons. The summed E-state index contributed by atoms with van der Waals surface area (Å²) in [6.07, 6.45) is 0. The number of halogens is 3. The molecule has 0 N–H and O–H groups in total. The Morgan fingerprint density at radius 2 is 1.00 bits per heavy atom. The van der Waals surface area contributed by atoms with Gasteiger partial charge in [0.2, 0.25) is 0 Å². The minimum absolute atomic E-state index is 0.383. The van der Waals surface area contributed by atoms with Gasteiger partial charge in [-0.1, -0.05) is 31.9 Å². The van der Waals surface area contributed by atoms with E-state index < -0.39 is 0 Å². The van der Waals surface area contributed by atoms with Crippen LogP contribution in [0.15, 0.2) is 67.3 Å². The van der Waals surface area contributed by atoms with E-state index >= 15 is 0 Å². The highest BCUT2D eigenvalue weighted by molar-refractivity contribution is 9.10. The molecule has 0 unspecified atom stereocenters. The second-order valence-corrected chi connectivity index (χ2v) is 7.38. The summed E-state index contributed by atoms with van der Waals surface area (Å²) in [7, 11) is 6.05. The molecule has 0 aliphatic rings. The molecule has 16 heavy (non-hydrogen) atoms. The largest absolute Gasteiger partial charge is 0.189 e. The minimum Gasteiger partial charge on any atom is -0.0508 e. The zero-order valence-electron chi connectivity index (χ0n) is 8.16. The summed E-state index contributed by atoms with van der Waals surface area (Å²) in [5.74, 6) is 0. The van der Waals surface area contributed by atoms with Crippen molar-refractivity contribution in [1.82, 2.24) is 0 Å². The molecule has 0 atom stereocenters.